The van der Waals surface area contributed by atoms with Crippen molar-refractivity contribution in [3.05, 3.63) is 47.6 Å². The number of hydrogen-bond acceptors (Lipinski definition) is 4. The summed E-state index contributed by atoms with van der Waals surface area (Å²) < 4.78 is 4.71. The molecule has 1 aromatic carbocycles. The second-order valence-corrected chi connectivity index (χ2v) is 4.44. The van der Waals surface area contributed by atoms with Crippen LogP contribution >= 0.6 is 0 Å². The average Bonchev–Trinajstić information content (AvgIpc) is 2.89. The zero-order valence-corrected chi connectivity index (χ0v) is 9.60. The van der Waals surface area contributed by atoms with E-state index in [9.17, 15) is 0 Å². The molecule has 0 saturated carbocycles. The fourth-order valence-corrected chi connectivity index (χ4v) is 2.38. The van der Waals surface area contributed by atoms with E-state index in [0.29, 0.717) is 12.6 Å². The Kier molecular flexibility index (Phi) is 2.88. The fourth-order valence-electron chi connectivity index (χ4n) is 2.38. The predicted octanol–water partition coefficient (Wildman–Crippen LogP) is 1.72. The quantitative estimate of drug-likeness (QED) is 0.870. The summed E-state index contributed by atoms with van der Waals surface area (Å²) >= 11 is 0. The Balaban J connectivity index is 1.61. The first-order valence-corrected chi connectivity index (χ1v) is 5.97. The van der Waals surface area contributed by atoms with Gasteiger partial charge in [0.25, 0.3) is 0 Å². The predicted molar refractivity (Wildman–Crippen MR) is 63.4 cm³/mol. The topological polar surface area (TPSA) is 51.0 Å². The van der Waals surface area contributed by atoms with Crippen molar-refractivity contribution >= 4 is 0 Å². The van der Waals surface area contributed by atoms with Crippen LogP contribution in [0, 0.1) is 0 Å². The molecule has 1 heterocycles. The third-order valence-electron chi connectivity index (χ3n) is 3.30. The van der Waals surface area contributed by atoms with E-state index < -0.39 is 0 Å². The molecule has 4 nitrogen and oxygen atoms in total. The van der Waals surface area contributed by atoms with E-state index in [1.54, 1.807) is 0 Å². The van der Waals surface area contributed by atoms with Gasteiger partial charge < -0.3 is 9.84 Å². The molecule has 1 aliphatic rings. The zero-order chi connectivity index (χ0) is 11.5. The molecule has 0 aliphatic heterocycles. The van der Waals surface area contributed by atoms with Crippen molar-refractivity contribution in [2.24, 2.45) is 0 Å². The maximum Gasteiger partial charge on any atom is 0.213 e. The number of fused-ring (bicyclic) bond motifs is 1. The van der Waals surface area contributed by atoms with Gasteiger partial charge in [-0.15, -0.1) is 0 Å². The van der Waals surface area contributed by atoms with Gasteiger partial charge in [0.1, 0.15) is 0 Å². The summed E-state index contributed by atoms with van der Waals surface area (Å²) in [4.78, 5) is 4.00. The van der Waals surface area contributed by atoms with Crippen molar-refractivity contribution in [2.45, 2.75) is 31.8 Å². The summed E-state index contributed by atoms with van der Waals surface area (Å²) in [7, 11) is 0. The molecule has 0 spiro atoms. The van der Waals surface area contributed by atoms with Crippen LogP contribution in [0.4, 0.5) is 0 Å². The van der Waals surface area contributed by atoms with Crippen LogP contribution in [0.1, 0.15) is 23.4 Å². The third-order valence-corrected chi connectivity index (χ3v) is 3.30. The standard InChI is InChI=1S/C13H15N3O/c1-2-4-11-7-12(6-5-10(11)3-1)14-8-13-15-9-17-16-13/h1-4,9,12,14H,5-8H2. The molecular weight excluding hydrogens is 214 g/mol. The Morgan fingerprint density at radius 3 is 3.00 bits per heavy atom. The number of benzene rings is 1. The third kappa shape index (κ3) is 2.36. The first-order chi connectivity index (χ1) is 8.42. The molecule has 1 aliphatic carbocycles. The molecule has 88 valence electrons. The van der Waals surface area contributed by atoms with Gasteiger partial charge in [0.15, 0.2) is 5.82 Å². The largest absolute Gasteiger partial charge is 0.343 e. The summed E-state index contributed by atoms with van der Waals surface area (Å²) in [6.45, 7) is 0.684. The first kappa shape index (κ1) is 10.5. The Bertz CT molecular complexity index is 481. The molecule has 3 rings (SSSR count). The lowest BCUT2D eigenvalue weighted by molar-refractivity contribution is 0.398. The maximum atomic E-state index is 4.71. The van der Waals surface area contributed by atoms with E-state index >= 15 is 0 Å². The highest BCUT2D eigenvalue weighted by Gasteiger charge is 2.17. The lowest BCUT2D eigenvalue weighted by Gasteiger charge is -2.25. The summed E-state index contributed by atoms with van der Waals surface area (Å²) in [5.74, 6) is 0.726. The van der Waals surface area contributed by atoms with Gasteiger partial charge in [0.2, 0.25) is 6.39 Å². The molecule has 1 N–H and O–H groups in total. The van der Waals surface area contributed by atoms with Crippen molar-refractivity contribution in [1.82, 2.24) is 15.5 Å². The van der Waals surface area contributed by atoms with Crippen LogP contribution < -0.4 is 5.32 Å². The van der Waals surface area contributed by atoms with Gasteiger partial charge in [0.05, 0.1) is 6.54 Å². The molecule has 1 atom stereocenters. The summed E-state index contributed by atoms with van der Waals surface area (Å²) in [6.07, 6.45) is 4.79. The van der Waals surface area contributed by atoms with Crippen molar-refractivity contribution in [2.75, 3.05) is 0 Å². The Morgan fingerprint density at radius 2 is 2.18 bits per heavy atom. The monoisotopic (exact) mass is 229 g/mol. The number of nitrogens with zero attached hydrogens (tertiary/aromatic N) is 2. The highest BCUT2D eigenvalue weighted by Crippen LogP contribution is 2.21. The van der Waals surface area contributed by atoms with Crippen LogP contribution in [0.2, 0.25) is 0 Å². The number of hydrogen-bond donors (Lipinski definition) is 1. The van der Waals surface area contributed by atoms with E-state index in [-0.39, 0.29) is 0 Å². The molecule has 0 radical (unpaired) electrons. The lowest BCUT2D eigenvalue weighted by Crippen LogP contribution is -2.34. The van der Waals surface area contributed by atoms with Crippen LogP contribution in [-0.2, 0) is 19.4 Å². The molecule has 4 heteroatoms. The second-order valence-electron chi connectivity index (χ2n) is 4.44. The molecular formula is C13H15N3O. The van der Waals surface area contributed by atoms with Gasteiger partial charge in [-0.3, -0.25) is 0 Å². The molecule has 0 fully saturated rings. The first-order valence-electron chi connectivity index (χ1n) is 5.97. The molecule has 2 aromatic rings. The summed E-state index contributed by atoms with van der Waals surface area (Å²) in [6, 6.07) is 9.19. The van der Waals surface area contributed by atoms with E-state index in [1.165, 1.54) is 23.9 Å². The highest BCUT2D eigenvalue weighted by atomic mass is 16.5. The van der Waals surface area contributed by atoms with Crippen molar-refractivity contribution in [3.8, 4) is 0 Å². The van der Waals surface area contributed by atoms with Gasteiger partial charge in [0, 0.05) is 6.04 Å². The van der Waals surface area contributed by atoms with Gasteiger partial charge in [-0.25, -0.2) is 0 Å². The minimum Gasteiger partial charge on any atom is -0.343 e. The molecule has 1 unspecified atom stereocenters. The second kappa shape index (κ2) is 4.67. The van der Waals surface area contributed by atoms with Crippen LogP contribution in [0.25, 0.3) is 0 Å². The average molecular weight is 229 g/mol. The lowest BCUT2D eigenvalue weighted by atomic mass is 9.88. The van der Waals surface area contributed by atoms with Crippen molar-refractivity contribution in [3.63, 3.8) is 0 Å². The van der Waals surface area contributed by atoms with E-state index in [2.05, 4.69) is 39.7 Å². The van der Waals surface area contributed by atoms with E-state index in [0.717, 1.165) is 18.7 Å². The Labute approximate surface area is 100 Å². The summed E-state index contributed by atoms with van der Waals surface area (Å²) in [5.41, 5.74) is 2.95. The zero-order valence-electron chi connectivity index (χ0n) is 9.60. The minimum absolute atomic E-state index is 0.517. The molecule has 17 heavy (non-hydrogen) atoms. The Hall–Kier alpha value is -1.68. The van der Waals surface area contributed by atoms with Crippen molar-refractivity contribution in [1.29, 1.82) is 0 Å². The summed E-state index contributed by atoms with van der Waals surface area (Å²) in [5, 5.41) is 7.28. The molecule has 0 bridgehead atoms. The molecule has 1 aromatic heterocycles. The van der Waals surface area contributed by atoms with Crippen LogP contribution in [0.3, 0.4) is 0 Å². The number of nitrogens with one attached hydrogen (secondary N) is 1. The Morgan fingerprint density at radius 1 is 1.29 bits per heavy atom. The van der Waals surface area contributed by atoms with Gasteiger partial charge in [-0.1, -0.05) is 29.4 Å². The van der Waals surface area contributed by atoms with E-state index in [1.807, 2.05) is 0 Å². The smallest absolute Gasteiger partial charge is 0.213 e. The highest BCUT2D eigenvalue weighted by molar-refractivity contribution is 5.30. The molecule has 0 amide bonds. The van der Waals surface area contributed by atoms with Crippen molar-refractivity contribution < 1.29 is 4.52 Å². The van der Waals surface area contributed by atoms with Crippen LogP contribution in [0.5, 0.6) is 0 Å². The molecule has 0 saturated heterocycles. The van der Waals surface area contributed by atoms with Gasteiger partial charge in [-0.05, 0) is 30.4 Å². The van der Waals surface area contributed by atoms with Gasteiger partial charge >= 0.3 is 0 Å². The van der Waals surface area contributed by atoms with E-state index in [4.69, 9.17) is 4.52 Å². The maximum absolute atomic E-state index is 4.71. The van der Waals surface area contributed by atoms with Crippen LogP contribution in [-0.4, -0.2) is 16.2 Å². The number of rotatable bonds is 3. The van der Waals surface area contributed by atoms with Gasteiger partial charge in [-0.2, -0.15) is 4.98 Å². The SMILES string of the molecule is c1ccc2c(c1)CCC(NCc1ncon1)C2. The number of aromatic nitrogens is 2. The fraction of sp³-hybridized carbons (Fsp3) is 0.385. The minimum atomic E-state index is 0.517. The number of aryl methyl sites for hydroxylation is 1. The normalized spacial score (nSPS) is 18.9. The van der Waals surface area contributed by atoms with Crippen LogP contribution in [0.15, 0.2) is 35.2 Å².